The number of amides is 2. The van der Waals surface area contributed by atoms with Crippen molar-refractivity contribution >= 4 is 11.8 Å². The zero-order valence-corrected chi connectivity index (χ0v) is 15.6. The highest BCUT2D eigenvalue weighted by molar-refractivity contribution is 5.95. The first-order valence-electron chi connectivity index (χ1n) is 9.25. The van der Waals surface area contributed by atoms with Crippen molar-refractivity contribution in [1.29, 1.82) is 0 Å². The van der Waals surface area contributed by atoms with Crippen molar-refractivity contribution < 1.29 is 18.7 Å². The Morgan fingerprint density at radius 1 is 1.36 bits per heavy atom. The van der Waals surface area contributed by atoms with Crippen LogP contribution in [0, 0.1) is 13.8 Å². The Balaban J connectivity index is 1.98. The molecule has 0 bridgehead atoms. The summed E-state index contributed by atoms with van der Waals surface area (Å²) in [5, 5.41) is 2.90. The van der Waals surface area contributed by atoms with Gasteiger partial charge in [-0.15, -0.1) is 0 Å². The maximum absolute atomic E-state index is 12.9. The number of carbonyl (C=O) groups excluding carboxylic acids is 2. The Bertz CT molecular complexity index is 576. The third-order valence-electron chi connectivity index (χ3n) is 4.47. The Labute approximate surface area is 149 Å². The summed E-state index contributed by atoms with van der Waals surface area (Å²) in [6.07, 6.45) is 4.35. The fourth-order valence-corrected chi connectivity index (χ4v) is 3.05. The van der Waals surface area contributed by atoms with Crippen molar-refractivity contribution in [2.45, 2.75) is 59.0 Å². The van der Waals surface area contributed by atoms with Gasteiger partial charge in [-0.3, -0.25) is 9.59 Å². The molecule has 1 aliphatic rings. The van der Waals surface area contributed by atoms with Crippen LogP contribution in [0.1, 0.15) is 60.9 Å². The first-order chi connectivity index (χ1) is 12.0. The molecule has 0 radical (unpaired) electrons. The molecule has 2 amide bonds. The summed E-state index contributed by atoms with van der Waals surface area (Å²) < 4.78 is 11.2. The second-order valence-electron chi connectivity index (χ2n) is 6.67. The van der Waals surface area contributed by atoms with E-state index in [1.54, 1.807) is 17.9 Å². The van der Waals surface area contributed by atoms with E-state index in [-0.39, 0.29) is 17.9 Å². The van der Waals surface area contributed by atoms with E-state index in [1.807, 2.05) is 6.92 Å². The first-order valence-corrected chi connectivity index (χ1v) is 9.25. The summed E-state index contributed by atoms with van der Waals surface area (Å²) in [6, 6.07) is 1.77. The first kappa shape index (κ1) is 19.5. The van der Waals surface area contributed by atoms with Crippen LogP contribution >= 0.6 is 0 Å². The maximum atomic E-state index is 12.9. The molecule has 1 aromatic rings. The molecule has 1 N–H and O–H groups in total. The molecular weight excluding hydrogens is 320 g/mol. The van der Waals surface area contributed by atoms with Crippen LogP contribution in [-0.2, 0) is 9.53 Å². The molecule has 1 saturated heterocycles. The molecule has 1 atom stereocenters. The Kier molecular flexibility index (Phi) is 7.50. The number of carbonyl (C=O) groups is 2. The number of nitrogens with one attached hydrogen (secondary N) is 1. The number of ether oxygens (including phenoxy) is 1. The Hall–Kier alpha value is -1.82. The highest BCUT2D eigenvalue weighted by Crippen LogP contribution is 2.19. The molecule has 0 unspecified atom stereocenters. The van der Waals surface area contributed by atoms with Gasteiger partial charge in [0.15, 0.2) is 0 Å². The number of nitrogens with zero attached hydrogens (tertiary/aromatic N) is 1. The average Bonchev–Trinajstić information content (AvgIpc) is 3.20. The highest BCUT2D eigenvalue weighted by Gasteiger charge is 2.26. The molecule has 0 aromatic carbocycles. The normalized spacial score (nSPS) is 16.8. The number of furan rings is 1. The van der Waals surface area contributed by atoms with Crippen molar-refractivity contribution in [1.82, 2.24) is 10.2 Å². The van der Waals surface area contributed by atoms with E-state index >= 15 is 0 Å². The molecule has 2 heterocycles. The van der Waals surface area contributed by atoms with E-state index in [2.05, 4.69) is 12.2 Å². The lowest BCUT2D eigenvalue weighted by Crippen LogP contribution is -2.40. The molecule has 140 valence electrons. The zero-order valence-electron chi connectivity index (χ0n) is 15.6. The SMILES string of the molecule is CCCCNC(=O)CCN(C[C@H]1CCCO1)C(=O)c1cc(C)oc1C. The van der Waals surface area contributed by atoms with Crippen molar-refractivity contribution in [2.75, 3.05) is 26.2 Å². The third kappa shape index (κ3) is 5.88. The summed E-state index contributed by atoms with van der Waals surface area (Å²) in [4.78, 5) is 26.6. The van der Waals surface area contributed by atoms with Gasteiger partial charge in [0.25, 0.3) is 5.91 Å². The van der Waals surface area contributed by atoms with E-state index < -0.39 is 0 Å². The van der Waals surface area contributed by atoms with E-state index in [0.717, 1.165) is 38.1 Å². The van der Waals surface area contributed by atoms with Gasteiger partial charge in [-0.2, -0.15) is 0 Å². The van der Waals surface area contributed by atoms with Crippen molar-refractivity contribution in [3.05, 3.63) is 23.2 Å². The van der Waals surface area contributed by atoms with Gasteiger partial charge in [0.2, 0.25) is 5.91 Å². The van der Waals surface area contributed by atoms with Crippen molar-refractivity contribution in [3.63, 3.8) is 0 Å². The van der Waals surface area contributed by atoms with Gasteiger partial charge in [0.05, 0.1) is 11.7 Å². The summed E-state index contributed by atoms with van der Waals surface area (Å²) in [5.41, 5.74) is 0.571. The largest absolute Gasteiger partial charge is 0.466 e. The van der Waals surface area contributed by atoms with Gasteiger partial charge in [-0.25, -0.2) is 0 Å². The van der Waals surface area contributed by atoms with Gasteiger partial charge in [-0.05, 0) is 39.2 Å². The van der Waals surface area contributed by atoms with E-state index in [0.29, 0.717) is 37.4 Å². The van der Waals surface area contributed by atoms with Crippen LogP contribution in [0.3, 0.4) is 0 Å². The lowest BCUT2D eigenvalue weighted by Gasteiger charge is -2.25. The molecule has 1 aromatic heterocycles. The summed E-state index contributed by atoms with van der Waals surface area (Å²) in [5.74, 6) is 1.23. The fourth-order valence-electron chi connectivity index (χ4n) is 3.05. The minimum atomic E-state index is -0.0915. The molecule has 0 saturated carbocycles. The van der Waals surface area contributed by atoms with E-state index in [9.17, 15) is 9.59 Å². The van der Waals surface area contributed by atoms with Crippen LogP contribution in [0.2, 0.25) is 0 Å². The Morgan fingerprint density at radius 2 is 2.16 bits per heavy atom. The molecule has 0 aliphatic carbocycles. The second-order valence-corrected chi connectivity index (χ2v) is 6.67. The number of rotatable bonds is 9. The quantitative estimate of drug-likeness (QED) is 0.695. The van der Waals surface area contributed by atoms with Gasteiger partial charge in [-0.1, -0.05) is 13.3 Å². The van der Waals surface area contributed by atoms with Crippen LogP contribution in [-0.4, -0.2) is 49.1 Å². The standard InChI is InChI=1S/C19H30N2O4/c1-4-5-9-20-18(22)8-10-21(13-16-7-6-11-24-16)19(23)17-12-14(2)25-15(17)3/h12,16H,4-11,13H2,1-3H3,(H,20,22)/t16-/m1/s1. The molecular formula is C19H30N2O4. The van der Waals surface area contributed by atoms with Gasteiger partial charge < -0.3 is 19.4 Å². The smallest absolute Gasteiger partial charge is 0.257 e. The summed E-state index contributed by atoms with van der Waals surface area (Å²) in [6.45, 7) is 8.05. The molecule has 25 heavy (non-hydrogen) atoms. The van der Waals surface area contributed by atoms with Gasteiger partial charge >= 0.3 is 0 Å². The number of hydrogen-bond acceptors (Lipinski definition) is 4. The summed E-state index contributed by atoms with van der Waals surface area (Å²) in [7, 11) is 0. The number of hydrogen-bond donors (Lipinski definition) is 1. The lowest BCUT2D eigenvalue weighted by atomic mass is 10.1. The molecule has 2 rings (SSSR count). The van der Waals surface area contributed by atoms with Crippen LogP contribution in [0.15, 0.2) is 10.5 Å². The number of aryl methyl sites for hydroxylation is 2. The summed E-state index contributed by atoms with van der Waals surface area (Å²) >= 11 is 0. The molecule has 6 heteroatoms. The van der Waals surface area contributed by atoms with Crippen molar-refractivity contribution in [3.8, 4) is 0 Å². The highest BCUT2D eigenvalue weighted by atomic mass is 16.5. The van der Waals surface area contributed by atoms with Crippen molar-refractivity contribution in [2.24, 2.45) is 0 Å². The monoisotopic (exact) mass is 350 g/mol. The second kappa shape index (κ2) is 9.61. The van der Waals surface area contributed by atoms with E-state index in [4.69, 9.17) is 9.15 Å². The predicted molar refractivity (Wildman–Crippen MR) is 95.6 cm³/mol. The molecule has 0 spiro atoms. The molecule has 1 fully saturated rings. The molecule has 6 nitrogen and oxygen atoms in total. The van der Waals surface area contributed by atoms with Crippen LogP contribution in [0.25, 0.3) is 0 Å². The van der Waals surface area contributed by atoms with Crippen LogP contribution < -0.4 is 5.32 Å². The third-order valence-corrected chi connectivity index (χ3v) is 4.47. The van der Waals surface area contributed by atoms with Gasteiger partial charge in [0, 0.05) is 32.7 Å². The fraction of sp³-hybridized carbons (Fsp3) is 0.684. The lowest BCUT2D eigenvalue weighted by molar-refractivity contribution is -0.121. The van der Waals surface area contributed by atoms with E-state index in [1.165, 1.54) is 0 Å². The van der Waals surface area contributed by atoms with Crippen LogP contribution in [0.4, 0.5) is 0 Å². The van der Waals surface area contributed by atoms with Gasteiger partial charge in [0.1, 0.15) is 11.5 Å². The topological polar surface area (TPSA) is 71.8 Å². The average molecular weight is 350 g/mol. The zero-order chi connectivity index (χ0) is 18.2. The maximum Gasteiger partial charge on any atom is 0.257 e. The predicted octanol–water partition coefficient (Wildman–Crippen LogP) is 2.82. The Morgan fingerprint density at radius 3 is 2.76 bits per heavy atom. The minimum absolute atomic E-state index is 0.0151. The number of unbranched alkanes of at least 4 members (excludes halogenated alkanes) is 1. The van der Waals surface area contributed by atoms with Crippen LogP contribution in [0.5, 0.6) is 0 Å². The minimum Gasteiger partial charge on any atom is -0.466 e. The molecule has 1 aliphatic heterocycles.